The summed E-state index contributed by atoms with van der Waals surface area (Å²) in [4.78, 5) is 24.5. The van der Waals surface area contributed by atoms with Gasteiger partial charge in [0.25, 0.3) is 0 Å². The van der Waals surface area contributed by atoms with Crippen LogP contribution in [0.4, 0.5) is 0 Å². The van der Waals surface area contributed by atoms with E-state index in [2.05, 4.69) is 0 Å². The Kier molecular flexibility index (Phi) is 4.29. The first kappa shape index (κ1) is 14.9. The number of thioether (sulfide) groups is 1. The van der Waals surface area contributed by atoms with Gasteiger partial charge in [-0.05, 0) is 23.3 Å². The maximum absolute atomic E-state index is 12.7. The molecule has 1 aliphatic heterocycles. The minimum absolute atomic E-state index is 0.0853. The molecule has 3 nitrogen and oxygen atoms in total. The van der Waals surface area contributed by atoms with Crippen molar-refractivity contribution in [1.82, 2.24) is 0 Å². The average molecular weight is 312 g/mol. The Bertz CT molecular complexity index is 737. The van der Waals surface area contributed by atoms with Crippen LogP contribution in [0.2, 0.25) is 0 Å². The minimum Gasteiger partial charge on any atom is -0.466 e. The summed E-state index contributed by atoms with van der Waals surface area (Å²) in [5.41, 5.74) is 3.70. The Morgan fingerprint density at radius 3 is 2.82 bits per heavy atom. The maximum atomic E-state index is 12.7. The molecule has 0 saturated heterocycles. The summed E-state index contributed by atoms with van der Waals surface area (Å²) in [6.07, 6.45) is 0.661. The lowest BCUT2D eigenvalue weighted by atomic mass is 9.98. The van der Waals surface area contributed by atoms with Crippen molar-refractivity contribution in [2.75, 3.05) is 6.61 Å². The van der Waals surface area contributed by atoms with Gasteiger partial charge in [-0.2, -0.15) is 0 Å². The quantitative estimate of drug-likeness (QED) is 0.812. The van der Waals surface area contributed by atoms with E-state index < -0.39 is 0 Å². The van der Waals surface area contributed by atoms with E-state index in [0.29, 0.717) is 13.0 Å². The van der Waals surface area contributed by atoms with Crippen molar-refractivity contribution < 1.29 is 14.3 Å². The molecule has 0 atom stereocenters. The van der Waals surface area contributed by atoms with Gasteiger partial charge in [0.2, 0.25) is 0 Å². The second-order valence-electron chi connectivity index (χ2n) is 5.20. The number of hydrogen-bond acceptors (Lipinski definition) is 4. The highest BCUT2D eigenvalue weighted by atomic mass is 32.2. The molecule has 22 heavy (non-hydrogen) atoms. The van der Waals surface area contributed by atoms with Crippen LogP contribution in [-0.4, -0.2) is 18.4 Å². The zero-order valence-corrected chi connectivity index (χ0v) is 13.1. The summed E-state index contributed by atoms with van der Waals surface area (Å²) in [5, 5.41) is 0. The third-order valence-corrected chi connectivity index (χ3v) is 4.74. The Balaban J connectivity index is 1.85. The van der Waals surface area contributed by atoms with Crippen LogP contribution in [-0.2, 0) is 21.7 Å². The normalized spacial score (nSPS) is 13.0. The number of carbonyl (C=O) groups excluding carboxylic acids is 2. The molecule has 3 rings (SSSR count). The monoisotopic (exact) mass is 312 g/mol. The van der Waals surface area contributed by atoms with E-state index in [1.807, 2.05) is 42.5 Å². The molecule has 2 aromatic carbocycles. The Labute approximate surface area is 133 Å². The van der Waals surface area contributed by atoms with Gasteiger partial charge in [0.1, 0.15) is 0 Å². The largest absolute Gasteiger partial charge is 0.466 e. The van der Waals surface area contributed by atoms with Gasteiger partial charge in [-0.15, -0.1) is 11.8 Å². The van der Waals surface area contributed by atoms with Crippen molar-refractivity contribution in [2.45, 2.75) is 24.0 Å². The summed E-state index contributed by atoms with van der Waals surface area (Å²) < 4.78 is 4.97. The second kappa shape index (κ2) is 6.36. The molecule has 0 unspecified atom stereocenters. The van der Waals surface area contributed by atoms with E-state index in [0.717, 1.165) is 32.9 Å². The van der Waals surface area contributed by atoms with Gasteiger partial charge >= 0.3 is 5.97 Å². The molecule has 2 aromatic rings. The van der Waals surface area contributed by atoms with Crippen molar-refractivity contribution in [1.29, 1.82) is 0 Å². The highest BCUT2D eigenvalue weighted by molar-refractivity contribution is 7.98. The number of fused-ring (bicyclic) bond motifs is 2. The molecular weight excluding hydrogens is 296 g/mol. The maximum Gasteiger partial charge on any atom is 0.302 e. The summed E-state index contributed by atoms with van der Waals surface area (Å²) in [6, 6.07) is 13.6. The third-order valence-electron chi connectivity index (χ3n) is 3.63. The van der Waals surface area contributed by atoms with Crippen molar-refractivity contribution >= 4 is 23.5 Å². The number of benzene rings is 2. The van der Waals surface area contributed by atoms with E-state index in [1.54, 1.807) is 11.8 Å². The van der Waals surface area contributed by atoms with Gasteiger partial charge in [-0.25, -0.2) is 0 Å². The first-order chi connectivity index (χ1) is 10.6. The van der Waals surface area contributed by atoms with Crippen LogP contribution >= 0.6 is 11.8 Å². The number of esters is 1. The first-order valence-corrected chi connectivity index (χ1v) is 8.15. The molecule has 1 aliphatic rings. The predicted octanol–water partition coefficient (Wildman–Crippen LogP) is 3.63. The van der Waals surface area contributed by atoms with Gasteiger partial charge in [0.05, 0.1) is 6.61 Å². The van der Waals surface area contributed by atoms with E-state index in [4.69, 9.17) is 4.74 Å². The second-order valence-corrected chi connectivity index (χ2v) is 6.21. The number of ether oxygens (including phenoxy) is 1. The zero-order chi connectivity index (χ0) is 15.5. The van der Waals surface area contributed by atoms with Crippen LogP contribution in [0.1, 0.15) is 34.0 Å². The molecule has 0 saturated carbocycles. The molecule has 0 spiro atoms. The van der Waals surface area contributed by atoms with Crippen LogP contribution < -0.4 is 0 Å². The lowest BCUT2D eigenvalue weighted by molar-refractivity contribution is -0.140. The standard InChI is InChI=1S/C18H16O3S/c1-12(19)21-9-8-13-6-7-16-17(10-13)22-11-14-4-2-3-5-15(14)18(16)20/h2-7,10H,8-9,11H2,1H3. The Morgan fingerprint density at radius 2 is 2.00 bits per heavy atom. The lowest BCUT2D eigenvalue weighted by Crippen LogP contribution is -2.05. The van der Waals surface area contributed by atoms with Crippen LogP contribution in [0.3, 0.4) is 0 Å². The topological polar surface area (TPSA) is 43.4 Å². The van der Waals surface area contributed by atoms with E-state index in [-0.39, 0.29) is 11.8 Å². The zero-order valence-electron chi connectivity index (χ0n) is 12.3. The van der Waals surface area contributed by atoms with Crippen LogP contribution in [0, 0.1) is 0 Å². The number of hydrogen-bond donors (Lipinski definition) is 0. The number of ketones is 1. The molecule has 0 amide bonds. The smallest absolute Gasteiger partial charge is 0.302 e. The minimum atomic E-state index is -0.269. The fourth-order valence-corrected chi connectivity index (χ4v) is 3.62. The highest BCUT2D eigenvalue weighted by Gasteiger charge is 2.21. The predicted molar refractivity (Wildman–Crippen MR) is 86.2 cm³/mol. The van der Waals surface area contributed by atoms with Gasteiger partial charge in [0.15, 0.2) is 5.78 Å². The fraction of sp³-hybridized carbons (Fsp3) is 0.222. The van der Waals surface area contributed by atoms with Crippen molar-refractivity contribution in [3.63, 3.8) is 0 Å². The summed E-state index contributed by atoms with van der Waals surface area (Å²) >= 11 is 1.68. The summed E-state index contributed by atoms with van der Waals surface area (Å²) in [5.74, 6) is 0.611. The van der Waals surface area contributed by atoms with Gasteiger partial charge in [-0.1, -0.05) is 30.3 Å². The van der Waals surface area contributed by atoms with E-state index >= 15 is 0 Å². The molecule has 1 heterocycles. The summed E-state index contributed by atoms with van der Waals surface area (Å²) in [6.45, 7) is 1.77. The van der Waals surface area contributed by atoms with Gasteiger partial charge in [0, 0.05) is 35.1 Å². The fourth-order valence-electron chi connectivity index (χ4n) is 2.51. The first-order valence-electron chi connectivity index (χ1n) is 7.17. The molecule has 4 heteroatoms. The van der Waals surface area contributed by atoms with E-state index in [9.17, 15) is 9.59 Å². The van der Waals surface area contributed by atoms with Gasteiger partial charge < -0.3 is 4.74 Å². The van der Waals surface area contributed by atoms with Crippen molar-refractivity contribution in [3.05, 3.63) is 64.7 Å². The van der Waals surface area contributed by atoms with Crippen molar-refractivity contribution in [3.8, 4) is 0 Å². The molecule has 0 bridgehead atoms. The highest BCUT2D eigenvalue weighted by Crippen LogP contribution is 2.34. The molecule has 0 fully saturated rings. The molecule has 0 aromatic heterocycles. The van der Waals surface area contributed by atoms with E-state index in [1.165, 1.54) is 6.92 Å². The number of rotatable bonds is 3. The summed E-state index contributed by atoms with van der Waals surface area (Å²) in [7, 11) is 0. The van der Waals surface area contributed by atoms with Crippen LogP contribution in [0.25, 0.3) is 0 Å². The molecule has 0 N–H and O–H groups in total. The average Bonchev–Trinajstić information content (AvgIpc) is 2.65. The molecule has 0 radical (unpaired) electrons. The van der Waals surface area contributed by atoms with Crippen LogP contribution in [0.5, 0.6) is 0 Å². The third kappa shape index (κ3) is 3.07. The molecule has 0 aliphatic carbocycles. The van der Waals surface area contributed by atoms with Crippen molar-refractivity contribution in [2.24, 2.45) is 0 Å². The van der Waals surface area contributed by atoms with Gasteiger partial charge in [-0.3, -0.25) is 9.59 Å². The SMILES string of the molecule is CC(=O)OCCc1ccc2c(c1)SCc1ccccc1C2=O. The van der Waals surface area contributed by atoms with Crippen LogP contribution in [0.15, 0.2) is 47.4 Å². The molecular formula is C18H16O3S. The Hall–Kier alpha value is -2.07. The number of carbonyl (C=O) groups is 2. The molecule has 112 valence electrons. The lowest BCUT2D eigenvalue weighted by Gasteiger charge is -2.08. The Morgan fingerprint density at radius 1 is 1.18 bits per heavy atom.